The van der Waals surface area contributed by atoms with Gasteiger partial charge in [0.2, 0.25) is 5.91 Å². The standard InChI is InChI=1S/C13H22N4O/c1-16(2)9-5-12(18)17-8-3-4-11(10-17)13-14-6-7-15-13/h6-7,11H,3-5,8-10H2,1-2H3,(H,14,15). The Morgan fingerprint density at radius 1 is 1.61 bits per heavy atom. The van der Waals surface area contributed by atoms with Gasteiger partial charge in [-0.05, 0) is 26.9 Å². The van der Waals surface area contributed by atoms with Gasteiger partial charge in [0, 0.05) is 44.4 Å². The van der Waals surface area contributed by atoms with Crippen LogP contribution in [0, 0.1) is 0 Å². The molecule has 100 valence electrons. The zero-order valence-electron chi connectivity index (χ0n) is 11.2. The van der Waals surface area contributed by atoms with Crippen molar-refractivity contribution in [3.63, 3.8) is 0 Å². The molecule has 1 fully saturated rings. The molecule has 18 heavy (non-hydrogen) atoms. The maximum Gasteiger partial charge on any atom is 0.223 e. The molecule has 0 saturated carbocycles. The topological polar surface area (TPSA) is 52.2 Å². The quantitative estimate of drug-likeness (QED) is 0.869. The molecule has 2 heterocycles. The van der Waals surface area contributed by atoms with Crippen LogP contribution in [0.4, 0.5) is 0 Å². The van der Waals surface area contributed by atoms with Crippen LogP contribution in [0.5, 0.6) is 0 Å². The van der Waals surface area contributed by atoms with E-state index >= 15 is 0 Å². The number of nitrogens with one attached hydrogen (secondary N) is 1. The Morgan fingerprint density at radius 2 is 2.44 bits per heavy atom. The fourth-order valence-corrected chi connectivity index (χ4v) is 2.40. The number of carbonyl (C=O) groups excluding carboxylic acids is 1. The molecule has 1 amide bonds. The van der Waals surface area contributed by atoms with Crippen molar-refractivity contribution in [1.82, 2.24) is 19.8 Å². The van der Waals surface area contributed by atoms with Crippen molar-refractivity contribution < 1.29 is 4.79 Å². The summed E-state index contributed by atoms with van der Waals surface area (Å²) in [6.07, 6.45) is 6.42. The second-order valence-corrected chi connectivity index (χ2v) is 5.21. The van der Waals surface area contributed by atoms with Crippen molar-refractivity contribution in [3.05, 3.63) is 18.2 Å². The van der Waals surface area contributed by atoms with Crippen molar-refractivity contribution in [2.24, 2.45) is 0 Å². The van der Waals surface area contributed by atoms with Gasteiger partial charge in [-0.3, -0.25) is 4.79 Å². The zero-order chi connectivity index (χ0) is 13.0. The predicted octanol–water partition coefficient (Wildman–Crippen LogP) is 1.07. The minimum atomic E-state index is 0.264. The number of piperidine rings is 1. The van der Waals surface area contributed by atoms with Crippen LogP contribution in [-0.4, -0.2) is 59.4 Å². The molecule has 1 aliphatic rings. The highest BCUT2D eigenvalue weighted by molar-refractivity contribution is 5.76. The zero-order valence-corrected chi connectivity index (χ0v) is 11.2. The van der Waals surface area contributed by atoms with Gasteiger partial charge < -0.3 is 14.8 Å². The number of rotatable bonds is 4. The van der Waals surface area contributed by atoms with Gasteiger partial charge in [-0.2, -0.15) is 0 Å². The average molecular weight is 250 g/mol. The first kappa shape index (κ1) is 13.1. The lowest BCUT2D eigenvalue weighted by atomic mass is 9.97. The smallest absolute Gasteiger partial charge is 0.223 e. The van der Waals surface area contributed by atoms with Gasteiger partial charge in [-0.25, -0.2) is 4.98 Å². The molecule has 1 aromatic rings. The van der Waals surface area contributed by atoms with E-state index in [4.69, 9.17) is 0 Å². The molecule has 0 spiro atoms. The summed E-state index contributed by atoms with van der Waals surface area (Å²) in [7, 11) is 3.99. The Labute approximate surface area is 108 Å². The summed E-state index contributed by atoms with van der Waals surface area (Å²) in [6, 6.07) is 0. The number of aromatic amines is 1. The van der Waals surface area contributed by atoms with E-state index in [1.165, 1.54) is 0 Å². The van der Waals surface area contributed by atoms with E-state index in [9.17, 15) is 4.79 Å². The second kappa shape index (κ2) is 6.00. The first-order valence-electron chi connectivity index (χ1n) is 6.58. The fraction of sp³-hybridized carbons (Fsp3) is 0.692. The summed E-state index contributed by atoms with van der Waals surface area (Å²) < 4.78 is 0. The first-order valence-corrected chi connectivity index (χ1v) is 6.58. The molecule has 1 aromatic heterocycles. The van der Waals surface area contributed by atoms with Crippen LogP contribution in [0.25, 0.3) is 0 Å². The molecule has 0 bridgehead atoms. The molecule has 2 rings (SSSR count). The molecule has 1 aliphatic heterocycles. The molecule has 1 atom stereocenters. The number of aromatic nitrogens is 2. The van der Waals surface area contributed by atoms with E-state index < -0.39 is 0 Å². The van der Waals surface area contributed by atoms with E-state index in [-0.39, 0.29) is 5.91 Å². The lowest BCUT2D eigenvalue weighted by molar-refractivity contribution is -0.132. The largest absolute Gasteiger partial charge is 0.348 e. The number of nitrogens with zero attached hydrogens (tertiary/aromatic N) is 3. The molecule has 1 N–H and O–H groups in total. The van der Waals surface area contributed by atoms with Crippen LogP contribution in [0.3, 0.4) is 0 Å². The maximum atomic E-state index is 12.1. The number of hydrogen-bond acceptors (Lipinski definition) is 3. The minimum absolute atomic E-state index is 0.264. The molecule has 0 aromatic carbocycles. The summed E-state index contributed by atoms with van der Waals surface area (Å²) in [5, 5.41) is 0. The van der Waals surface area contributed by atoms with Gasteiger partial charge in [0.05, 0.1) is 0 Å². The number of H-pyrrole nitrogens is 1. The Morgan fingerprint density at radius 3 is 3.11 bits per heavy atom. The SMILES string of the molecule is CN(C)CCC(=O)N1CCCC(c2ncc[nH]2)C1. The molecule has 1 unspecified atom stereocenters. The molecular formula is C13H22N4O. The highest BCUT2D eigenvalue weighted by atomic mass is 16.2. The van der Waals surface area contributed by atoms with E-state index in [0.29, 0.717) is 12.3 Å². The fourth-order valence-electron chi connectivity index (χ4n) is 2.40. The van der Waals surface area contributed by atoms with Gasteiger partial charge in [0.15, 0.2) is 0 Å². The molecule has 5 heteroatoms. The van der Waals surface area contributed by atoms with Crippen LogP contribution < -0.4 is 0 Å². The van der Waals surface area contributed by atoms with Gasteiger partial charge in [0.25, 0.3) is 0 Å². The van der Waals surface area contributed by atoms with Crippen molar-refractivity contribution in [1.29, 1.82) is 0 Å². The third-order valence-electron chi connectivity index (χ3n) is 3.45. The maximum absolute atomic E-state index is 12.1. The molecule has 5 nitrogen and oxygen atoms in total. The highest BCUT2D eigenvalue weighted by Gasteiger charge is 2.25. The van der Waals surface area contributed by atoms with E-state index in [1.807, 2.05) is 30.1 Å². The van der Waals surface area contributed by atoms with Crippen LogP contribution in [0.15, 0.2) is 12.4 Å². The van der Waals surface area contributed by atoms with Crippen LogP contribution >= 0.6 is 0 Å². The monoisotopic (exact) mass is 250 g/mol. The summed E-state index contributed by atoms with van der Waals surface area (Å²) >= 11 is 0. The molecule has 0 radical (unpaired) electrons. The van der Waals surface area contributed by atoms with Crippen molar-refractivity contribution in [2.45, 2.75) is 25.2 Å². The Balaban J connectivity index is 1.88. The van der Waals surface area contributed by atoms with Crippen molar-refractivity contribution in [3.8, 4) is 0 Å². The summed E-state index contributed by atoms with van der Waals surface area (Å²) in [5.74, 6) is 1.65. The normalized spacial score (nSPS) is 20.4. The predicted molar refractivity (Wildman–Crippen MR) is 70.3 cm³/mol. The van der Waals surface area contributed by atoms with Crippen molar-refractivity contribution in [2.75, 3.05) is 33.7 Å². The number of imidazole rings is 1. The Hall–Kier alpha value is -1.36. The van der Waals surface area contributed by atoms with Crippen LogP contribution in [0.2, 0.25) is 0 Å². The average Bonchev–Trinajstić information content (AvgIpc) is 2.90. The molecule has 1 saturated heterocycles. The minimum Gasteiger partial charge on any atom is -0.348 e. The van der Waals surface area contributed by atoms with Crippen LogP contribution in [0.1, 0.15) is 31.0 Å². The lowest BCUT2D eigenvalue weighted by Crippen LogP contribution is -2.40. The third-order valence-corrected chi connectivity index (χ3v) is 3.45. The number of amides is 1. The number of carbonyl (C=O) groups is 1. The summed E-state index contributed by atoms with van der Waals surface area (Å²) in [4.78, 5) is 23.6. The van der Waals surface area contributed by atoms with Gasteiger partial charge in [0.1, 0.15) is 5.82 Å². The van der Waals surface area contributed by atoms with Crippen molar-refractivity contribution >= 4 is 5.91 Å². The first-order chi connectivity index (χ1) is 8.66. The van der Waals surface area contributed by atoms with E-state index in [2.05, 4.69) is 9.97 Å². The number of likely N-dealkylation sites (tertiary alicyclic amines) is 1. The third kappa shape index (κ3) is 3.32. The van der Waals surface area contributed by atoms with Gasteiger partial charge in [-0.15, -0.1) is 0 Å². The van der Waals surface area contributed by atoms with Crippen LogP contribution in [-0.2, 0) is 4.79 Å². The summed E-state index contributed by atoms with van der Waals surface area (Å²) in [6.45, 7) is 2.52. The molecule has 0 aliphatic carbocycles. The number of hydrogen-bond donors (Lipinski definition) is 1. The lowest BCUT2D eigenvalue weighted by Gasteiger charge is -2.32. The Kier molecular flexibility index (Phi) is 4.36. The van der Waals surface area contributed by atoms with E-state index in [0.717, 1.165) is 38.3 Å². The summed E-state index contributed by atoms with van der Waals surface area (Å²) in [5.41, 5.74) is 0. The second-order valence-electron chi connectivity index (χ2n) is 5.21. The van der Waals surface area contributed by atoms with E-state index in [1.54, 1.807) is 6.20 Å². The van der Waals surface area contributed by atoms with Gasteiger partial charge >= 0.3 is 0 Å². The molecular weight excluding hydrogens is 228 g/mol. The van der Waals surface area contributed by atoms with Gasteiger partial charge in [-0.1, -0.05) is 0 Å². The highest BCUT2D eigenvalue weighted by Crippen LogP contribution is 2.24. The Bertz CT molecular complexity index is 374.